The molecule has 0 heterocycles. The van der Waals surface area contributed by atoms with E-state index in [0.717, 1.165) is 18.2 Å². The van der Waals surface area contributed by atoms with Gasteiger partial charge in [0.2, 0.25) is 0 Å². The van der Waals surface area contributed by atoms with Crippen molar-refractivity contribution in [3.63, 3.8) is 0 Å². The number of non-ortho nitro benzene ring substituents is 1. The van der Waals surface area contributed by atoms with Gasteiger partial charge in [-0.3, -0.25) is 10.1 Å². The summed E-state index contributed by atoms with van der Waals surface area (Å²) in [6, 6.07) is 3.67. The minimum absolute atomic E-state index is 0.160. The van der Waals surface area contributed by atoms with E-state index in [9.17, 15) is 14.9 Å². The van der Waals surface area contributed by atoms with Crippen LogP contribution >= 0.6 is 0 Å². The van der Waals surface area contributed by atoms with E-state index < -0.39 is 17.2 Å². The fraction of sp³-hybridized carbons (Fsp3) is 0.182. The molecular weight excluding hydrogens is 242 g/mol. The van der Waals surface area contributed by atoms with Gasteiger partial charge in [-0.05, 0) is 19.1 Å². The first kappa shape index (κ1) is 13.7. The average Bonchev–Trinajstić information content (AvgIpc) is 2.26. The third-order valence-electron chi connectivity index (χ3n) is 1.91. The first-order valence-corrected chi connectivity index (χ1v) is 4.94. The quantitative estimate of drug-likeness (QED) is 0.355. The maximum absolute atomic E-state index is 10.6. The molecule has 7 nitrogen and oxygen atoms in total. The van der Waals surface area contributed by atoms with Gasteiger partial charge < -0.3 is 14.9 Å². The van der Waals surface area contributed by atoms with Gasteiger partial charge in [-0.1, -0.05) is 0 Å². The van der Waals surface area contributed by atoms with E-state index >= 15 is 0 Å². The van der Waals surface area contributed by atoms with Crippen molar-refractivity contribution >= 4 is 17.7 Å². The average molecular weight is 253 g/mol. The molecule has 0 aliphatic heterocycles. The number of aliphatic hydroxyl groups is 1. The van der Waals surface area contributed by atoms with Crippen LogP contribution in [0, 0.1) is 10.1 Å². The highest BCUT2D eigenvalue weighted by Gasteiger charge is 2.11. The van der Waals surface area contributed by atoms with Crippen LogP contribution in [0.25, 0.3) is 6.08 Å². The van der Waals surface area contributed by atoms with Crippen molar-refractivity contribution in [3.8, 4) is 5.75 Å². The van der Waals surface area contributed by atoms with Crippen LogP contribution in [-0.4, -0.2) is 27.4 Å². The monoisotopic (exact) mass is 253 g/mol. The SMILES string of the molecule is CC(O)Oc1ccc([N+](=O)[O-])cc1/C=C/C(=O)O. The lowest BCUT2D eigenvalue weighted by molar-refractivity contribution is -0.384. The van der Waals surface area contributed by atoms with Crippen molar-refractivity contribution in [1.29, 1.82) is 0 Å². The van der Waals surface area contributed by atoms with E-state index in [-0.39, 0.29) is 17.0 Å². The van der Waals surface area contributed by atoms with Crippen molar-refractivity contribution < 1.29 is 24.7 Å². The molecule has 1 unspecified atom stereocenters. The molecule has 0 amide bonds. The normalized spacial score (nSPS) is 12.3. The fourth-order valence-electron chi connectivity index (χ4n) is 1.23. The molecular formula is C11H11NO6. The number of hydrogen-bond acceptors (Lipinski definition) is 5. The second-order valence-corrected chi connectivity index (χ2v) is 3.37. The van der Waals surface area contributed by atoms with Crippen molar-refractivity contribution in [2.45, 2.75) is 13.2 Å². The Labute approximate surface area is 102 Å². The Kier molecular flexibility index (Phi) is 4.39. The van der Waals surface area contributed by atoms with Crippen molar-refractivity contribution in [2.24, 2.45) is 0 Å². The van der Waals surface area contributed by atoms with Crippen LogP contribution in [0.5, 0.6) is 5.75 Å². The van der Waals surface area contributed by atoms with Crippen LogP contribution in [0.1, 0.15) is 12.5 Å². The van der Waals surface area contributed by atoms with Gasteiger partial charge in [-0.25, -0.2) is 4.79 Å². The number of nitrogens with zero attached hydrogens (tertiary/aromatic N) is 1. The van der Waals surface area contributed by atoms with E-state index in [0.29, 0.717) is 0 Å². The van der Waals surface area contributed by atoms with Crippen LogP contribution < -0.4 is 4.74 Å². The maximum atomic E-state index is 10.6. The molecule has 0 aliphatic rings. The summed E-state index contributed by atoms with van der Waals surface area (Å²) in [5, 5.41) is 28.2. The van der Waals surface area contributed by atoms with Gasteiger partial charge >= 0.3 is 5.97 Å². The predicted molar refractivity (Wildman–Crippen MR) is 62.1 cm³/mol. The van der Waals surface area contributed by atoms with E-state index in [1.807, 2.05) is 0 Å². The summed E-state index contributed by atoms with van der Waals surface area (Å²) >= 11 is 0. The lowest BCUT2D eigenvalue weighted by Crippen LogP contribution is -2.10. The summed E-state index contributed by atoms with van der Waals surface area (Å²) in [5.41, 5.74) is 0.00508. The Hall–Kier alpha value is -2.41. The molecule has 0 saturated carbocycles. The third kappa shape index (κ3) is 3.87. The number of carbonyl (C=O) groups is 1. The second kappa shape index (κ2) is 5.78. The Morgan fingerprint density at radius 3 is 2.72 bits per heavy atom. The van der Waals surface area contributed by atoms with Crippen LogP contribution in [-0.2, 0) is 4.79 Å². The first-order valence-electron chi connectivity index (χ1n) is 4.94. The number of aliphatic hydroxyl groups excluding tert-OH is 1. The Morgan fingerprint density at radius 1 is 1.56 bits per heavy atom. The summed E-state index contributed by atoms with van der Waals surface area (Å²) in [7, 11) is 0. The predicted octanol–water partition coefficient (Wildman–Crippen LogP) is 1.41. The largest absolute Gasteiger partial charge is 0.478 e. The highest BCUT2D eigenvalue weighted by molar-refractivity contribution is 5.86. The van der Waals surface area contributed by atoms with E-state index in [2.05, 4.69) is 0 Å². The number of nitro benzene ring substituents is 1. The molecule has 0 saturated heterocycles. The fourth-order valence-corrected chi connectivity index (χ4v) is 1.23. The van der Waals surface area contributed by atoms with Crippen LogP contribution in [0.4, 0.5) is 5.69 Å². The van der Waals surface area contributed by atoms with Gasteiger partial charge in [0.25, 0.3) is 5.69 Å². The summed E-state index contributed by atoms with van der Waals surface area (Å²) in [6.45, 7) is 1.37. The molecule has 0 radical (unpaired) electrons. The molecule has 0 bridgehead atoms. The molecule has 0 fully saturated rings. The number of ether oxygens (including phenoxy) is 1. The minimum Gasteiger partial charge on any atom is -0.478 e. The standard InChI is InChI=1S/C11H11NO6/c1-7(13)18-10-4-3-9(12(16)17)6-8(10)2-5-11(14)15/h2-7,13H,1H3,(H,14,15)/b5-2+. The first-order chi connectivity index (χ1) is 8.40. The highest BCUT2D eigenvalue weighted by atomic mass is 16.6. The molecule has 96 valence electrons. The van der Waals surface area contributed by atoms with Crippen LogP contribution in [0.3, 0.4) is 0 Å². The van der Waals surface area contributed by atoms with Crippen LogP contribution in [0.2, 0.25) is 0 Å². The maximum Gasteiger partial charge on any atom is 0.328 e. The number of nitro groups is 1. The number of benzene rings is 1. The van der Waals surface area contributed by atoms with Gasteiger partial charge in [0, 0.05) is 23.8 Å². The van der Waals surface area contributed by atoms with Gasteiger partial charge in [-0.2, -0.15) is 0 Å². The molecule has 18 heavy (non-hydrogen) atoms. The van der Waals surface area contributed by atoms with Crippen LogP contribution in [0.15, 0.2) is 24.3 Å². The molecule has 7 heteroatoms. The van der Waals surface area contributed by atoms with E-state index in [1.165, 1.54) is 19.1 Å². The van der Waals surface area contributed by atoms with Gasteiger partial charge in [0.1, 0.15) is 5.75 Å². The number of rotatable bonds is 5. The van der Waals surface area contributed by atoms with Crippen molar-refractivity contribution in [2.75, 3.05) is 0 Å². The molecule has 1 aromatic carbocycles. The van der Waals surface area contributed by atoms with Crippen molar-refractivity contribution in [1.82, 2.24) is 0 Å². The number of carboxylic acids is 1. The number of aliphatic carboxylic acids is 1. The zero-order valence-corrected chi connectivity index (χ0v) is 9.44. The molecule has 0 aromatic heterocycles. The second-order valence-electron chi connectivity index (χ2n) is 3.37. The van der Waals surface area contributed by atoms with Gasteiger partial charge in [0.15, 0.2) is 6.29 Å². The highest BCUT2D eigenvalue weighted by Crippen LogP contribution is 2.26. The Morgan fingerprint density at radius 2 is 2.22 bits per heavy atom. The summed E-state index contributed by atoms with van der Waals surface area (Å²) in [5.74, 6) is -1.03. The van der Waals surface area contributed by atoms with Crippen molar-refractivity contribution in [3.05, 3.63) is 40.0 Å². The molecule has 0 spiro atoms. The van der Waals surface area contributed by atoms with E-state index in [1.54, 1.807) is 0 Å². The molecule has 1 atom stereocenters. The lowest BCUT2D eigenvalue weighted by Gasteiger charge is -2.11. The number of hydrogen-bond donors (Lipinski definition) is 2. The Bertz CT molecular complexity index is 494. The molecule has 1 rings (SSSR count). The van der Waals surface area contributed by atoms with E-state index in [4.69, 9.17) is 14.9 Å². The summed E-state index contributed by atoms with van der Waals surface area (Å²) in [6.07, 6.45) is 0.879. The molecule has 0 aliphatic carbocycles. The zero-order chi connectivity index (χ0) is 13.7. The lowest BCUT2D eigenvalue weighted by atomic mass is 10.1. The summed E-state index contributed by atoms with van der Waals surface area (Å²) in [4.78, 5) is 20.4. The zero-order valence-electron chi connectivity index (χ0n) is 9.44. The third-order valence-corrected chi connectivity index (χ3v) is 1.91. The smallest absolute Gasteiger partial charge is 0.328 e. The number of carboxylic acid groups (broad SMARTS) is 1. The summed E-state index contributed by atoms with van der Waals surface area (Å²) < 4.78 is 5.00. The Balaban J connectivity index is 3.17. The van der Waals surface area contributed by atoms with Gasteiger partial charge in [0.05, 0.1) is 4.92 Å². The molecule has 2 N–H and O–H groups in total. The van der Waals surface area contributed by atoms with Gasteiger partial charge in [-0.15, -0.1) is 0 Å². The molecule has 1 aromatic rings. The topological polar surface area (TPSA) is 110 Å². The minimum atomic E-state index is -1.19.